The van der Waals surface area contributed by atoms with Gasteiger partial charge in [-0.15, -0.1) is 0 Å². The van der Waals surface area contributed by atoms with Crippen molar-refractivity contribution in [1.29, 1.82) is 0 Å². The van der Waals surface area contributed by atoms with E-state index in [9.17, 15) is 8.42 Å². The summed E-state index contributed by atoms with van der Waals surface area (Å²) in [5.41, 5.74) is 0. The van der Waals surface area contributed by atoms with Crippen LogP contribution in [0.4, 0.5) is 0 Å². The van der Waals surface area contributed by atoms with Crippen molar-refractivity contribution in [3.05, 3.63) is 23.1 Å². The van der Waals surface area contributed by atoms with Gasteiger partial charge in [0.05, 0.1) is 4.91 Å². The Bertz CT molecular complexity index is 312. The van der Waals surface area contributed by atoms with Gasteiger partial charge in [-0.3, -0.25) is 0 Å². The molecule has 1 N–H and O–H groups in total. The molecule has 3 nitrogen and oxygen atoms in total. The van der Waals surface area contributed by atoms with Crippen LogP contribution in [0, 0.1) is 0 Å². The fraction of sp³-hybridized carbons (Fsp3) is 0.500. The molecule has 0 aromatic carbocycles. The first-order chi connectivity index (χ1) is 5.52. The first-order valence-electron chi connectivity index (χ1n) is 3.90. The van der Waals surface area contributed by atoms with Crippen LogP contribution in [0.5, 0.6) is 0 Å². The molecule has 1 aliphatic carbocycles. The van der Waals surface area contributed by atoms with Crippen LogP contribution in [0.15, 0.2) is 23.1 Å². The van der Waals surface area contributed by atoms with Crippen LogP contribution in [0.1, 0.15) is 20.3 Å². The lowest BCUT2D eigenvalue weighted by atomic mass is 10.4. The average molecular weight is 187 g/mol. The van der Waals surface area contributed by atoms with Gasteiger partial charge in [0, 0.05) is 12.5 Å². The Morgan fingerprint density at radius 3 is 2.58 bits per heavy atom. The maximum absolute atomic E-state index is 11.4. The second kappa shape index (κ2) is 3.41. The van der Waals surface area contributed by atoms with E-state index in [4.69, 9.17) is 0 Å². The predicted molar refractivity (Wildman–Crippen MR) is 49.0 cm³/mol. The van der Waals surface area contributed by atoms with Gasteiger partial charge in [-0.05, 0) is 19.9 Å². The summed E-state index contributed by atoms with van der Waals surface area (Å²) in [5.74, 6) is 0. The Hall–Kier alpha value is -0.610. The summed E-state index contributed by atoms with van der Waals surface area (Å²) in [6, 6.07) is -0.0449. The summed E-state index contributed by atoms with van der Waals surface area (Å²) >= 11 is 0. The largest absolute Gasteiger partial charge is 0.237 e. The van der Waals surface area contributed by atoms with E-state index in [1.807, 2.05) is 6.08 Å². The SMILES string of the molecule is CC(C)NS(=O)(=O)C1=CC=CC1. The van der Waals surface area contributed by atoms with Crippen molar-refractivity contribution in [3.63, 3.8) is 0 Å². The standard InChI is InChI=1S/C8H13NO2S/c1-7(2)9-12(10,11)8-5-3-4-6-8/h3-5,7,9H,6H2,1-2H3. The highest BCUT2D eigenvalue weighted by Gasteiger charge is 2.18. The van der Waals surface area contributed by atoms with Crippen LogP contribution in [0.3, 0.4) is 0 Å². The molecule has 0 bridgehead atoms. The number of sulfonamides is 1. The molecule has 0 aromatic rings. The van der Waals surface area contributed by atoms with Gasteiger partial charge in [0.15, 0.2) is 0 Å². The van der Waals surface area contributed by atoms with Gasteiger partial charge in [-0.25, -0.2) is 13.1 Å². The Morgan fingerprint density at radius 1 is 1.50 bits per heavy atom. The van der Waals surface area contributed by atoms with Crippen LogP contribution in [0.25, 0.3) is 0 Å². The van der Waals surface area contributed by atoms with E-state index in [0.717, 1.165) is 0 Å². The Labute approximate surface area is 73.2 Å². The van der Waals surface area contributed by atoms with Gasteiger partial charge in [0.2, 0.25) is 10.0 Å². The topological polar surface area (TPSA) is 46.2 Å². The Balaban J connectivity index is 2.73. The van der Waals surface area contributed by atoms with Crippen LogP contribution in [0.2, 0.25) is 0 Å². The average Bonchev–Trinajstić information content (AvgIpc) is 2.32. The molecule has 0 fully saturated rings. The van der Waals surface area contributed by atoms with Crippen molar-refractivity contribution in [2.75, 3.05) is 0 Å². The molecule has 0 amide bonds. The summed E-state index contributed by atoms with van der Waals surface area (Å²) in [7, 11) is -3.21. The molecule has 0 radical (unpaired) electrons. The van der Waals surface area contributed by atoms with Crippen molar-refractivity contribution in [1.82, 2.24) is 4.72 Å². The highest BCUT2D eigenvalue weighted by molar-refractivity contribution is 7.93. The van der Waals surface area contributed by atoms with Crippen molar-refractivity contribution < 1.29 is 8.42 Å². The van der Waals surface area contributed by atoms with Gasteiger partial charge in [0.1, 0.15) is 0 Å². The number of rotatable bonds is 3. The number of hydrogen-bond acceptors (Lipinski definition) is 2. The quantitative estimate of drug-likeness (QED) is 0.720. The van der Waals surface area contributed by atoms with E-state index in [2.05, 4.69) is 4.72 Å². The third-order valence-electron chi connectivity index (χ3n) is 1.47. The molecule has 0 saturated carbocycles. The third-order valence-corrected chi connectivity index (χ3v) is 3.25. The molecule has 68 valence electrons. The maximum atomic E-state index is 11.4. The predicted octanol–water partition coefficient (Wildman–Crippen LogP) is 1.16. The first-order valence-corrected chi connectivity index (χ1v) is 5.39. The summed E-state index contributed by atoms with van der Waals surface area (Å²) in [5, 5.41) is 0. The van der Waals surface area contributed by atoms with Gasteiger partial charge in [-0.2, -0.15) is 0 Å². The van der Waals surface area contributed by atoms with E-state index >= 15 is 0 Å². The zero-order valence-electron chi connectivity index (χ0n) is 7.24. The second-order valence-electron chi connectivity index (χ2n) is 3.04. The van der Waals surface area contributed by atoms with Crippen LogP contribution < -0.4 is 4.72 Å². The third kappa shape index (κ3) is 2.19. The lowest BCUT2D eigenvalue weighted by Crippen LogP contribution is -2.30. The minimum absolute atomic E-state index is 0.0449. The van der Waals surface area contributed by atoms with Gasteiger partial charge >= 0.3 is 0 Å². The molecular formula is C8H13NO2S. The lowest BCUT2D eigenvalue weighted by molar-refractivity contribution is 0.575. The molecule has 12 heavy (non-hydrogen) atoms. The minimum Gasteiger partial charge on any atom is -0.209 e. The van der Waals surface area contributed by atoms with E-state index in [1.54, 1.807) is 26.0 Å². The van der Waals surface area contributed by atoms with Crippen LogP contribution in [-0.4, -0.2) is 14.5 Å². The molecule has 1 rings (SSSR count). The maximum Gasteiger partial charge on any atom is 0.237 e. The van der Waals surface area contributed by atoms with Crippen LogP contribution in [-0.2, 0) is 10.0 Å². The Morgan fingerprint density at radius 2 is 2.17 bits per heavy atom. The number of nitrogens with one attached hydrogen (secondary N) is 1. The van der Waals surface area contributed by atoms with Gasteiger partial charge in [0.25, 0.3) is 0 Å². The van der Waals surface area contributed by atoms with Crippen molar-refractivity contribution in [2.45, 2.75) is 26.3 Å². The summed E-state index contributed by atoms with van der Waals surface area (Å²) in [6.07, 6.45) is 5.73. The lowest BCUT2D eigenvalue weighted by Gasteiger charge is -2.09. The number of hydrogen-bond donors (Lipinski definition) is 1. The van der Waals surface area contributed by atoms with Crippen molar-refractivity contribution in [2.24, 2.45) is 0 Å². The molecule has 0 unspecified atom stereocenters. The fourth-order valence-corrected chi connectivity index (χ4v) is 2.36. The molecule has 0 aromatic heterocycles. The monoisotopic (exact) mass is 187 g/mol. The molecule has 0 atom stereocenters. The molecule has 0 heterocycles. The highest BCUT2D eigenvalue weighted by atomic mass is 32.2. The number of allylic oxidation sites excluding steroid dienone is 4. The molecule has 1 aliphatic rings. The van der Waals surface area contributed by atoms with Crippen LogP contribution >= 0.6 is 0 Å². The van der Waals surface area contributed by atoms with Gasteiger partial charge < -0.3 is 0 Å². The zero-order valence-corrected chi connectivity index (χ0v) is 8.06. The summed E-state index contributed by atoms with van der Waals surface area (Å²) < 4.78 is 25.4. The van der Waals surface area contributed by atoms with E-state index in [-0.39, 0.29) is 6.04 Å². The molecule has 0 aliphatic heterocycles. The second-order valence-corrected chi connectivity index (χ2v) is 4.81. The molecular weight excluding hydrogens is 174 g/mol. The van der Waals surface area contributed by atoms with Crippen molar-refractivity contribution >= 4 is 10.0 Å². The smallest absolute Gasteiger partial charge is 0.209 e. The van der Waals surface area contributed by atoms with Crippen molar-refractivity contribution in [3.8, 4) is 0 Å². The molecule has 0 spiro atoms. The summed E-state index contributed by atoms with van der Waals surface area (Å²) in [6.45, 7) is 3.61. The summed E-state index contributed by atoms with van der Waals surface area (Å²) in [4.78, 5) is 0.455. The minimum atomic E-state index is -3.21. The molecule has 4 heteroatoms. The first kappa shape index (κ1) is 9.48. The zero-order chi connectivity index (χ0) is 9.19. The van der Waals surface area contributed by atoms with E-state index in [0.29, 0.717) is 11.3 Å². The molecule has 0 saturated heterocycles. The van der Waals surface area contributed by atoms with E-state index < -0.39 is 10.0 Å². The Kier molecular flexibility index (Phi) is 2.69. The fourth-order valence-electron chi connectivity index (χ4n) is 1.01. The highest BCUT2D eigenvalue weighted by Crippen LogP contribution is 2.16. The normalized spacial score (nSPS) is 17.1. The van der Waals surface area contributed by atoms with E-state index in [1.165, 1.54) is 0 Å². The van der Waals surface area contributed by atoms with Gasteiger partial charge in [-0.1, -0.05) is 12.2 Å².